The van der Waals surface area contributed by atoms with Crippen LogP contribution in [-0.4, -0.2) is 71.1 Å². The Morgan fingerprint density at radius 1 is 1.21 bits per heavy atom. The van der Waals surface area contributed by atoms with E-state index in [0.717, 1.165) is 37.6 Å². The number of hydrogen-bond donors (Lipinski definition) is 1. The topological polar surface area (TPSA) is 55.3 Å². The number of ether oxygens (including phenoxy) is 3. The van der Waals surface area contributed by atoms with Crippen molar-refractivity contribution in [3.63, 3.8) is 0 Å². The van der Waals surface area contributed by atoms with Crippen LogP contribution >= 0.6 is 24.0 Å². The molecule has 2 rings (SSSR count). The third kappa shape index (κ3) is 8.95. The normalized spacial score (nSPS) is 17.2. The van der Waals surface area contributed by atoms with Crippen molar-refractivity contribution in [2.45, 2.75) is 12.6 Å². The fourth-order valence-electron chi connectivity index (χ4n) is 2.96. The van der Waals surface area contributed by atoms with Gasteiger partial charge in [-0.05, 0) is 30.7 Å². The van der Waals surface area contributed by atoms with Crippen molar-refractivity contribution < 1.29 is 27.4 Å². The summed E-state index contributed by atoms with van der Waals surface area (Å²) in [6.07, 6.45) is -3.30. The number of halogens is 4. The highest BCUT2D eigenvalue weighted by Crippen LogP contribution is 2.30. The number of aliphatic imine (C=N–C) groups is 1. The molecule has 1 unspecified atom stereocenters. The van der Waals surface area contributed by atoms with Crippen molar-refractivity contribution in [1.82, 2.24) is 10.2 Å². The number of methoxy groups -OCH3 is 1. The molecule has 0 aliphatic carbocycles. The minimum atomic E-state index is -4.34. The molecule has 1 heterocycles. The van der Waals surface area contributed by atoms with Gasteiger partial charge >= 0.3 is 6.18 Å². The summed E-state index contributed by atoms with van der Waals surface area (Å²) in [6.45, 7) is 4.48. The van der Waals surface area contributed by atoms with Gasteiger partial charge in [0.1, 0.15) is 12.4 Å². The average Bonchev–Trinajstić information content (AvgIpc) is 3.14. The average molecular weight is 531 g/mol. The molecule has 0 radical (unpaired) electrons. The second-order valence-electron chi connectivity index (χ2n) is 6.51. The Morgan fingerprint density at radius 3 is 2.55 bits per heavy atom. The highest BCUT2D eigenvalue weighted by atomic mass is 127. The summed E-state index contributed by atoms with van der Waals surface area (Å²) in [7, 11) is 3.37. The fraction of sp³-hybridized carbons (Fsp3) is 0.632. The van der Waals surface area contributed by atoms with Crippen LogP contribution in [0.15, 0.2) is 29.3 Å². The SMILES string of the molecule is CN=C(NCCOc1ccc(C(F)(F)F)cc1)N1CCC(COCCOC)C1.I. The van der Waals surface area contributed by atoms with Gasteiger partial charge in [0, 0.05) is 33.2 Å². The van der Waals surface area contributed by atoms with Crippen molar-refractivity contribution in [3.05, 3.63) is 29.8 Å². The zero-order valence-corrected chi connectivity index (χ0v) is 19.0. The van der Waals surface area contributed by atoms with E-state index in [1.54, 1.807) is 14.2 Å². The zero-order chi connectivity index (χ0) is 20.4. The molecule has 1 saturated heterocycles. The van der Waals surface area contributed by atoms with Crippen LogP contribution in [0, 0.1) is 5.92 Å². The number of benzene rings is 1. The van der Waals surface area contributed by atoms with Crippen molar-refractivity contribution in [3.8, 4) is 5.75 Å². The quantitative estimate of drug-likeness (QED) is 0.230. The summed E-state index contributed by atoms with van der Waals surface area (Å²) in [4.78, 5) is 6.46. The molecule has 0 spiro atoms. The van der Waals surface area contributed by atoms with Crippen LogP contribution in [0.5, 0.6) is 5.75 Å². The first-order valence-corrected chi connectivity index (χ1v) is 9.26. The highest BCUT2D eigenvalue weighted by Gasteiger charge is 2.30. The van der Waals surface area contributed by atoms with Gasteiger partial charge in [-0.1, -0.05) is 0 Å². The standard InChI is InChI=1S/C19H28F3N3O3.HI/c1-23-18(25-9-7-15(13-25)14-27-12-11-26-2)24-8-10-28-17-5-3-16(4-6-17)19(20,21)22;/h3-6,15H,7-14H2,1-2H3,(H,23,24);1H. The molecule has 1 aromatic rings. The molecule has 1 aliphatic heterocycles. The molecule has 6 nitrogen and oxygen atoms in total. The van der Waals surface area contributed by atoms with Crippen molar-refractivity contribution in [2.24, 2.45) is 10.9 Å². The van der Waals surface area contributed by atoms with Gasteiger partial charge in [0.25, 0.3) is 0 Å². The summed E-state index contributed by atoms with van der Waals surface area (Å²) >= 11 is 0. The van der Waals surface area contributed by atoms with Gasteiger partial charge in [0.05, 0.1) is 31.9 Å². The molecule has 0 bridgehead atoms. The zero-order valence-electron chi connectivity index (χ0n) is 16.7. The van der Waals surface area contributed by atoms with Crippen LogP contribution in [0.3, 0.4) is 0 Å². The number of hydrogen-bond acceptors (Lipinski definition) is 4. The molecule has 1 aromatic carbocycles. The van der Waals surface area contributed by atoms with E-state index >= 15 is 0 Å². The smallest absolute Gasteiger partial charge is 0.416 e. The maximum atomic E-state index is 12.6. The maximum absolute atomic E-state index is 12.6. The Labute approximate surface area is 186 Å². The summed E-state index contributed by atoms with van der Waals surface area (Å²) in [5, 5.41) is 3.22. The Hall–Kier alpha value is -1.27. The van der Waals surface area contributed by atoms with Crippen LogP contribution in [-0.2, 0) is 15.7 Å². The number of guanidine groups is 1. The first-order valence-electron chi connectivity index (χ1n) is 9.26. The minimum Gasteiger partial charge on any atom is -0.492 e. The monoisotopic (exact) mass is 531 g/mol. The third-order valence-corrected chi connectivity index (χ3v) is 4.42. The molecule has 10 heteroatoms. The van der Waals surface area contributed by atoms with Gasteiger partial charge in [0.2, 0.25) is 0 Å². The molecule has 29 heavy (non-hydrogen) atoms. The van der Waals surface area contributed by atoms with Gasteiger partial charge in [-0.2, -0.15) is 13.2 Å². The first kappa shape index (κ1) is 25.8. The minimum absolute atomic E-state index is 0. The molecule has 1 N–H and O–H groups in total. The molecule has 0 aromatic heterocycles. The Balaban J connectivity index is 0.00000420. The maximum Gasteiger partial charge on any atom is 0.416 e. The lowest BCUT2D eigenvalue weighted by atomic mass is 10.1. The van der Waals surface area contributed by atoms with Crippen molar-refractivity contribution in [2.75, 3.05) is 60.2 Å². The van der Waals surface area contributed by atoms with E-state index < -0.39 is 11.7 Å². The second-order valence-corrected chi connectivity index (χ2v) is 6.51. The molecule has 1 aliphatic rings. The van der Waals surface area contributed by atoms with E-state index in [9.17, 15) is 13.2 Å². The highest BCUT2D eigenvalue weighted by molar-refractivity contribution is 14.0. The van der Waals surface area contributed by atoms with Gasteiger partial charge in [-0.15, -0.1) is 24.0 Å². The summed E-state index contributed by atoms with van der Waals surface area (Å²) in [6, 6.07) is 4.68. The molecule has 1 atom stereocenters. The predicted octanol–water partition coefficient (Wildman–Crippen LogP) is 3.26. The van der Waals surface area contributed by atoms with E-state index in [-0.39, 0.29) is 24.0 Å². The molecule has 0 saturated carbocycles. The van der Waals surface area contributed by atoms with Crippen molar-refractivity contribution >= 4 is 29.9 Å². The number of likely N-dealkylation sites (tertiary alicyclic amines) is 1. The number of nitrogens with zero attached hydrogens (tertiary/aromatic N) is 2. The van der Waals surface area contributed by atoms with E-state index in [0.29, 0.717) is 44.6 Å². The van der Waals surface area contributed by atoms with Crippen LogP contribution in [0.1, 0.15) is 12.0 Å². The van der Waals surface area contributed by atoms with Crippen molar-refractivity contribution in [1.29, 1.82) is 0 Å². The number of alkyl halides is 3. The molecule has 0 amide bonds. The molecular weight excluding hydrogens is 502 g/mol. The van der Waals surface area contributed by atoms with E-state index in [4.69, 9.17) is 14.2 Å². The molecule has 1 fully saturated rings. The summed E-state index contributed by atoms with van der Waals surface area (Å²) in [5.41, 5.74) is -0.687. The number of nitrogens with one attached hydrogen (secondary N) is 1. The van der Waals surface area contributed by atoms with Gasteiger partial charge < -0.3 is 24.4 Å². The largest absolute Gasteiger partial charge is 0.492 e. The Bertz CT molecular complexity index is 615. The Morgan fingerprint density at radius 2 is 1.93 bits per heavy atom. The van der Waals surface area contributed by atoms with Crippen LogP contribution in [0.4, 0.5) is 13.2 Å². The molecular formula is C19H29F3IN3O3. The predicted molar refractivity (Wildman–Crippen MR) is 116 cm³/mol. The lowest BCUT2D eigenvalue weighted by Crippen LogP contribution is -2.41. The van der Waals surface area contributed by atoms with Crippen LogP contribution in [0.2, 0.25) is 0 Å². The van der Waals surface area contributed by atoms with Crippen LogP contribution < -0.4 is 10.1 Å². The van der Waals surface area contributed by atoms with Gasteiger partial charge in [-0.3, -0.25) is 4.99 Å². The summed E-state index contributed by atoms with van der Waals surface area (Å²) in [5.74, 6) is 1.65. The third-order valence-electron chi connectivity index (χ3n) is 4.42. The van der Waals surface area contributed by atoms with E-state index in [1.807, 2.05) is 0 Å². The fourth-order valence-corrected chi connectivity index (χ4v) is 2.96. The summed E-state index contributed by atoms with van der Waals surface area (Å²) < 4.78 is 53.7. The van der Waals surface area contributed by atoms with Crippen LogP contribution in [0.25, 0.3) is 0 Å². The molecule has 166 valence electrons. The lowest BCUT2D eigenvalue weighted by Gasteiger charge is -2.21. The van der Waals surface area contributed by atoms with Gasteiger partial charge in [0.15, 0.2) is 5.96 Å². The first-order chi connectivity index (χ1) is 13.4. The van der Waals surface area contributed by atoms with E-state index in [1.165, 1.54) is 12.1 Å². The second kappa shape index (κ2) is 13.1. The lowest BCUT2D eigenvalue weighted by molar-refractivity contribution is -0.137. The Kier molecular flexibility index (Phi) is 11.7. The van der Waals surface area contributed by atoms with E-state index in [2.05, 4.69) is 15.2 Å². The number of rotatable bonds is 9. The van der Waals surface area contributed by atoms with Gasteiger partial charge in [-0.25, -0.2) is 0 Å².